The minimum Gasteiger partial charge on any atom is -0.494 e. The predicted octanol–water partition coefficient (Wildman–Crippen LogP) is 2.93. The molecule has 0 unspecified atom stereocenters. The lowest BCUT2D eigenvalue weighted by Crippen LogP contribution is -2.40. The van der Waals surface area contributed by atoms with Crippen molar-refractivity contribution in [2.45, 2.75) is 25.9 Å². The van der Waals surface area contributed by atoms with Crippen LogP contribution in [0.25, 0.3) is 0 Å². The summed E-state index contributed by atoms with van der Waals surface area (Å²) in [5, 5.41) is 0. The highest BCUT2D eigenvalue weighted by atomic mass is 32.2. The molecule has 1 fully saturated rings. The highest BCUT2D eigenvalue weighted by Crippen LogP contribution is 2.30. The van der Waals surface area contributed by atoms with Crippen LogP contribution in [0.3, 0.4) is 0 Å². The van der Waals surface area contributed by atoms with Gasteiger partial charge in [-0.1, -0.05) is 6.07 Å². The van der Waals surface area contributed by atoms with Crippen molar-refractivity contribution >= 4 is 15.7 Å². The second-order valence-electron chi connectivity index (χ2n) is 7.14. The van der Waals surface area contributed by atoms with E-state index in [-0.39, 0.29) is 30.0 Å². The normalized spacial score (nSPS) is 17.4. The van der Waals surface area contributed by atoms with Gasteiger partial charge in [0, 0.05) is 18.2 Å². The van der Waals surface area contributed by atoms with Gasteiger partial charge in [-0.15, -0.1) is 0 Å². The molecular formula is C22H27NO6S. The third-order valence-electron chi connectivity index (χ3n) is 5.12. The molecule has 2 aromatic carbocycles. The molecule has 1 heterocycles. The molecule has 1 atom stereocenters. The Hall–Kier alpha value is -2.74. The minimum atomic E-state index is -3.14. The fraction of sp³-hybridized carbons (Fsp3) is 0.409. The maximum atomic E-state index is 13.3. The Bertz CT molecular complexity index is 987. The number of carbonyl (C=O) groups is 1. The van der Waals surface area contributed by atoms with Crippen molar-refractivity contribution in [3.63, 3.8) is 0 Å². The van der Waals surface area contributed by atoms with Gasteiger partial charge in [0.25, 0.3) is 5.91 Å². The van der Waals surface area contributed by atoms with Crippen LogP contribution in [-0.2, 0) is 16.4 Å². The van der Waals surface area contributed by atoms with E-state index in [0.29, 0.717) is 35.8 Å². The van der Waals surface area contributed by atoms with Crippen LogP contribution >= 0.6 is 0 Å². The van der Waals surface area contributed by atoms with Gasteiger partial charge in [0.1, 0.15) is 5.75 Å². The number of hydrogen-bond acceptors (Lipinski definition) is 6. The molecule has 0 saturated carbocycles. The van der Waals surface area contributed by atoms with Crippen LogP contribution in [-0.4, -0.2) is 57.6 Å². The molecule has 1 aliphatic rings. The first-order valence-electron chi connectivity index (χ1n) is 9.82. The van der Waals surface area contributed by atoms with E-state index < -0.39 is 9.84 Å². The first-order valence-corrected chi connectivity index (χ1v) is 11.6. The first kappa shape index (κ1) is 22.0. The second-order valence-corrected chi connectivity index (χ2v) is 9.37. The van der Waals surface area contributed by atoms with Gasteiger partial charge >= 0.3 is 0 Å². The van der Waals surface area contributed by atoms with E-state index in [1.807, 2.05) is 13.0 Å². The molecule has 0 bridgehead atoms. The summed E-state index contributed by atoms with van der Waals surface area (Å²) in [6, 6.07) is 12.0. The smallest absolute Gasteiger partial charge is 0.254 e. The lowest BCUT2D eigenvalue weighted by Gasteiger charge is -2.29. The molecule has 162 valence electrons. The Labute approximate surface area is 177 Å². The van der Waals surface area contributed by atoms with E-state index in [2.05, 4.69) is 0 Å². The van der Waals surface area contributed by atoms with Gasteiger partial charge in [-0.3, -0.25) is 4.79 Å². The number of ether oxygens (including phenoxy) is 3. The van der Waals surface area contributed by atoms with E-state index in [4.69, 9.17) is 14.2 Å². The average molecular weight is 434 g/mol. The molecule has 3 rings (SSSR count). The molecule has 30 heavy (non-hydrogen) atoms. The maximum Gasteiger partial charge on any atom is 0.254 e. The number of sulfone groups is 1. The van der Waals surface area contributed by atoms with Crippen LogP contribution < -0.4 is 14.2 Å². The summed E-state index contributed by atoms with van der Waals surface area (Å²) in [5.41, 5.74) is 1.32. The highest BCUT2D eigenvalue weighted by molar-refractivity contribution is 7.91. The van der Waals surface area contributed by atoms with Gasteiger partial charge in [-0.25, -0.2) is 8.42 Å². The fourth-order valence-electron chi connectivity index (χ4n) is 3.59. The van der Waals surface area contributed by atoms with Crippen LogP contribution in [0, 0.1) is 0 Å². The molecule has 2 aromatic rings. The minimum absolute atomic E-state index is 0.0247. The molecule has 0 radical (unpaired) electrons. The Kier molecular flexibility index (Phi) is 6.87. The zero-order valence-corrected chi connectivity index (χ0v) is 18.3. The van der Waals surface area contributed by atoms with Crippen LogP contribution in [0.5, 0.6) is 17.2 Å². The largest absolute Gasteiger partial charge is 0.494 e. The van der Waals surface area contributed by atoms with E-state index in [9.17, 15) is 13.2 Å². The zero-order valence-electron chi connectivity index (χ0n) is 17.5. The Balaban J connectivity index is 1.89. The van der Waals surface area contributed by atoms with Gasteiger partial charge in [0.2, 0.25) is 0 Å². The van der Waals surface area contributed by atoms with Crippen LogP contribution in [0.1, 0.15) is 29.3 Å². The van der Waals surface area contributed by atoms with Crippen molar-refractivity contribution in [2.75, 3.05) is 32.3 Å². The molecule has 1 amide bonds. The van der Waals surface area contributed by atoms with Crippen molar-refractivity contribution < 1.29 is 27.4 Å². The van der Waals surface area contributed by atoms with Crippen molar-refractivity contribution in [3.8, 4) is 17.2 Å². The van der Waals surface area contributed by atoms with Gasteiger partial charge in [0.05, 0.1) is 32.3 Å². The van der Waals surface area contributed by atoms with Crippen molar-refractivity contribution in [1.29, 1.82) is 0 Å². The number of methoxy groups -OCH3 is 2. The zero-order chi connectivity index (χ0) is 21.7. The van der Waals surface area contributed by atoms with E-state index >= 15 is 0 Å². The van der Waals surface area contributed by atoms with Gasteiger partial charge in [0.15, 0.2) is 21.3 Å². The second kappa shape index (κ2) is 9.38. The molecule has 0 spiro atoms. The maximum absolute atomic E-state index is 13.3. The molecular weight excluding hydrogens is 406 g/mol. The monoisotopic (exact) mass is 433 g/mol. The van der Waals surface area contributed by atoms with E-state index in [0.717, 1.165) is 5.56 Å². The third-order valence-corrected chi connectivity index (χ3v) is 6.87. The standard InChI is InChI=1S/C22H27NO6S/c1-4-29-19-8-6-17(7-9-19)22(24)23(18-11-12-30(25,26)15-18)14-16-5-10-20(27-2)21(13-16)28-3/h5-10,13,18H,4,11-12,14-15H2,1-3H3/t18-/m0/s1. The number of nitrogens with zero attached hydrogens (tertiary/aromatic N) is 1. The molecule has 1 saturated heterocycles. The Morgan fingerprint density at radius 2 is 1.77 bits per heavy atom. The molecule has 8 heteroatoms. The van der Waals surface area contributed by atoms with Crippen molar-refractivity contribution in [3.05, 3.63) is 53.6 Å². The summed E-state index contributed by atoms with van der Waals surface area (Å²) >= 11 is 0. The topological polar surface area (TPSA) is 82.1 Å². The van der Waals surface area contributed by atoms with Crippen LogP contribution in [0.4, 0.5) is 0 Å². The molecule has 0 N–H and O–H groups in total. The summed E-state index contributed by atoms with van der Waals surface area (Å²) in [5.74, 6) is 1.69. The Morgan fingerprint density at radius 1 is 1.07 bits per heavy atom. The fourth-order valence-corrected chi connectivity index (χ4v) is 5.32. The van der Waals surface area contributed by atoms with Gasteiger partial charge in [-0.2, -0.15) is 0 Å². The number of benzene rings is 2. The Morgan fingerprint density at radius 3 is 2.33 bits per heavy atom. The summed E-state index contributed by atoms with van der Waals surface area (Å²) < 4.78 is 40.2. The average Bonchev–Trinajstić information content (AvgIpc) is 3.11. The number of carbonyl (C=O) groups excluding carboxylic acids is 1. The molecule has 7 nitrogen and oxygen atoms in total. The molecule has 0 aliphatic carbocycles. The summed E-state index contributed by atoms with van der Waals surface area (Å²) in [6.07, 6.45) is 0.429. The lowest BCUT2D eigenvalue weighted by molar-refractivity contribution is 0.0680. The van der Waals surface area contributed by atoms with Crippen molar-refractivity contribution in [1.82, 2.24) is 4.90 Å². The summed E-state index contributed by atoms with van der Waals surface area (Å²) in [4.78, 5) is 15.0. The number of amides is 1. The van der Waals surface area contributed by atoms with Crippen molar-refractivity contribution in [2.24, 2.45) is 0 Å². The van der Waals surface area contributed by atoms with Gasteiger partial charge < -0.3 is 19.1 Å². The van der Waals surface area contributed by atoms with E-state index in [1.165, 1.54) is 0 Å². The SMILES string of the molecule is CCOc1ccc(C(=O)N(Cc2ccc(OC)c(OC)c2)[C@H]2CCS(=O)(=O)C2)cc1. The van der Waals surface area contributed by atoms with E-state index in [1.54, 1.807) is 55.5 Å². The van der Waals surface area contributed by atoms with Crippen LogP contribution in [0.2, 0.25) is 0 Å². The predicted molar refractivity (Wildman–Crippen MR) is 114 cm³/mol. The van der Waals surface area contributed by atoms with Gasteiger partial charge in [-0.05, 0) is 55.3 Å². The molecule has 1 aliphatic heterocycles. The number of rotatable bonds is 8. The quantitative estimate of drug-likeness (QED) is 0.637. The van der Waals surface area contributed by atoms with Crippen LogP contribution in [0.15, 0.2) is 42.5 Å². The summed E-state index contributed by atoms with van der Waals surface area (Å²) in [7, 11) is -0.0368. The molecule has 0 aromatic heterocycles. The summed E-state index contributed by atoms with van der Waals surface area (Å²) in [6.45, 7) is 2.70. The lowest BCUT2D eigenvalue weighted by atomic mass is 10.1. The third kappa shape index (κ3) is 5.05. The number of hydrogen-bond donors (Lipinski definition) is 0. The first-order chi connectivity index (χ1) is 14.4. The highest BCUT2D eigenvalue weighted by Gasteiger charge is 2.35.